The van der Waals surface area contributed by atoms with E-state index in [0.29, 0.717) is 6.04 Å². The molecule has 1 saturated carbocycles. The van der Waals surface area contributed by atoms with Gasteiger partial charge < -0.3 is 10.6 Å². The fourth-order valence-corrected chi connectivity index (χ4v) is 2.20. The van der Waals surface area contributed by atoms with Crippen LogP contribution in [0.25, 0.3) is 0 Å². The molecule has 2 amide bonds. The van der Waals surface area contributed by atoms with Crippen LogP contribution in [-0.2, 0) is 0 Å². The molecular formula is C13H19N3O. The molecule has 1 aromatic heterocycles. The van der Waals surface area contributed by atoms with Gasteiger partial charge in [-0.05, 0) is 31.9 Å². The molecule has 0 spiro atoms. The topological polar surface area (TPSA) is 54.0 Å². The van der Waals surface area contributed by atoms with Gasteiger partial charge >= 0.3 is 6.03 Å². The number of pyridine rings is 1. The second kappa shape index (κ2) is 5.66. The van der Waals surface area contributed by atoms with Crippen LogP contribution in [0.5, 0.6) is 0 Å². The summed E-state index contributed by atoms with van der Waals surface area (Å²) in [6.45, 7) is 1.94. The number of nitrogens with zero attached hydrogens (tertiary/aromatic N) is 1. The molecule has 92 valence electrons. The zero-order valence-electron chi connectivity index (χ0n) is 10.1. The van der Waals surface area contributed by atoms with Crippen LogP contribution in [0.15, 0.2) is 24.4 Å². The summed E-state index contributed by atoms with van der Waals surface area (Å²) in [7, 11) is 0. The standard InChI is InChI=1S/C13H19N3O/c1-10(12-8-4-5-9-14-12)15-13(17)16-11-6-2-3-7-11/h4-5,8-11H,2-3,6-7H2,1H3,(H2,15,16,17)/t10-/m1/s1. The summed E-state index contributed by atoms with van der Waals surface area (Å²) in [6, 6.07) is 5.92. The van der Waals surface area contributed by atoms with E-state index in [1.807, 2.05) is 25.1 Å². The third-order valence-electron chi connectivity index (χ3n) is 3.17. The highest BCUT2D eigenvalue weighted by Gasteiger charge is 2.18. The van der Waals surface area contributed by atoms with Crippen molar-refractivity contribution in [1.82, 2.24) is 15.6 Å². The molecule has 4 heteroatoms. The molecule has 1 aliphatic carbocycles. The zero-order chi connectivity index (χ0) is 12.1. The number of urea groups is 1. The third-order valence-corrected chi connectivity index (χ3v) is 3.17. The highest BCUT2D eigenvalue weighted by atomic mass is 16.2. The molecule has 0 unspecified atom stereocenters. The quantitative estimate of drug-likeness (QED) is 0.842. The van der Waals surface area contributed by atoms with Crippen molar-refractivity contribution in [2.24, 2.45) is 0 Å². The smallest absolute Gasteiger partial charge is 0.315 e. The highest BCUT2D eigenvalue weighted by Crippen LogP contribution is 2.17. The number of rotatable bonds is 3. The summed E-state index contributed by atoms with van der Waals surface area (Å²) >= 11 is 0. The van der Waals surface area contributed by atoms with Crippen LogP contribution in [0, 0.1) is 0 Å². The van der Waals surface area contributed by atoms with Crippen molar-refractivity contribution in [1.29, 1.82) is 0 Å². The molecule has 1 heterocycles. The average molecular weight is 233 g/mol. The second-order valence-electron chi connectivity index (χ2n) is 4.58. The van der Waals surface area contributed by atoms with Gasteiger partial charge in [0, 0.05) is 12.2 Å². The Kier molecular flexibility index (Phi) is 3.96. The molecule has 0 saturated heterocycles. The Balaban J connectivity index is 1.81. The van der Waals surface area contributed by atoms with Gasteiger partial charge in [0.05, 0.1) is 11.7 Å². The van der Waals surface area contributed by atoms with Crippen LogP contribution in [0.4, 0.5) is 4.79 Å². The van der Waals surface area contributed by atoms with E-state index in [1.54, 1.807) is 6.20 Å². The normalized spacial score (nSPS) is 17.7. The Bertz CT molecular complexity index is 360. The molecule has 4 nitrogen and oxygen atoms in total. The van der Waals surface area contributed by atoms with Crippen molar-refractivity contribution in [3.05, 3.63) is 30.1 Å². The van der Waals surface area contributed by atoms with Gasteiger partial charge in [0.2, 0.25) is 0 Å². The Hall–Kier alpha value is -1.58. The lowest BCUT2D eigenvalue weighted by molar-refractivity contribution is 0.234. The lowest BCUT2D eigenvalue weighted by atomic mass is 10.2. The highest BCUT2D eigenvalue weighted by molar-refractivity contribution is 5.74. The summed E-state index contributed by atoms with van der Waals surface area (Å²) < 4.78 is 0. The number of nitrogens with one attached hydrogen (secondary N) is 2. The van der Waals surface area contributed by atoms with Gasteiger partial charge in [0.1, 0.15) is 0 Å². The monoisotopic (exact) mass is 233 g/mol. The first kappa shape index (κ1) is 11.9. The summed E-state index contributed by atoms with van der Waals surface area (Å²) in [4.78, 5) is 16.0. The summed E-state index contributed by atoms with van der Waals surface area (Å²) in [5.74, 6) is 0. The molecule has 0 aliphatic heterocycles. The van der Waals surface area contributed by atoms with Gasteiger partial charge in [-0.2, -0.15) is 0 Å². The summed E-state index contributed by atoms with van der Waals surface area (Å²) in [5, 5.41) is 5.91. The lowest BCUT2D eigenvalue weighted by Crippen LogP contribution is -2.42. The Morgan fingerprint density at radius 3 is 2.82 bits per heavy atom. The lowest BCUT2D eigenvalue weighted by Gasteiger charge is -2.17. The maximum atomic E-state index is 11.7. The predicted octanol–water partition coefficient (Wildman–Crippen LogP) is 2.38. The number of hydrogen-bond donors (Lipinski definition) is 2. The first-order valence-electron chi connectivity index (χ1n) is 6.23. The van der Waals surface area contributed by atoms with E-state index in [9.17, 15) is 4.79 Å². The van der Waals surface area contributed by atoms with E-state index < -0.39 is 0 Å². The minimum absolute atomic E-state index is 0.0578. The molecule has 0 bridgehead atoms. The SMILES string of the molecule is C[C@@H](NC(=O)NC1CCCC1)c1ccccn1. The van der Waals surface area contributed by atoms with E-state index in [4.69, 9.17) is 0 Å². The zero-order valence-corrected chi connectivity index (χ0v) is 10.1. The van der Waals surface area contributed by atoms with E-state index in [0.717, 1.165) is 18.5 Å². The number of carbonyl (C=O) groups is 1. The fraction of sp³-hybridized carbons (Fsp3) is 0.538. The molecular weight excluding hydrogens is 214 g/mol. The van der Waals surface area contributed by atoms with Crippen LogP contribution in [0.3, 0.4) is 0 Å². The minimum Gasteiger partial charge on any atom is -0.335 e. The van der Waals surface area contributed by atoms with Crippen molar-refractivity contribution < 1.29 is 4.79 Å². The molecule has 0 aromatic carbocycles. The van der Waals surface area contributed by atoms with Crippen LogP contribution in [0.1, 0.15) is 44.3 Å². The second-order valence-corrected chi connectivity index (χ2v) is 4.58. The van der Waals surface area contributed by atoms with Crippen LogP contribution in [0.2, 0.25) is 0 Å². The van der Waals surface area contributed by atoms with E-state index in [2.05, 4.69) is 15.6 Å². The van der Waals surface area contributed by atoms with Gasteiger partial charge in [-0.15, -0.1) is 0 Å². The molecule has 1 aliphatic rings. The van der Waals surface area contributed by atoms with Gasteiger partial charge in [0.25, 0.3) is 0 Å². The van der Waals surface area contributed by atoms with Gasteiger partial charge in [-0.25, -0.2) is 4.79 Å². The van der Waals surface area contributed by atoms with Gasteiger partial charge in [0.15, 0.2) is 0 Å². The Morgan fingerprint density at radius 2 is 2.18 bits per heavy atom. The Labute approximate surface area is 102 Å². The van der Waals surface area contributed by atoms with E-state index in [-0.39, 0.29) is 12.1 Å². The molecule has 1 aromatic rings. The Morgan fingerprint density at radius 1 is 1.41 bits per heavy atom. The van der Waals surface area contributed by atoms with Crippen LogP contribution >= 0.6 is 0 Å². The van der Waals surface area contributed by atoms with Crippen molar-refractivity contribution in [2.45, 2.75) is 44.7 Å². The van der Waals surface area contributed by atoms with Gasteiger partial charge in [-0.1, -0.05) is 18.9 Å². The fourth-order valence-electron chi connectivity index (χ4n) is 2.20. The first-order chi connectivity index (χ1) is 8.25. The minimum atomic E-state index is -0.0879. The number of aromatic nitrogens is 1. The molecule has 1 fully saturated rings. The maximum absolute atomic E-state index is 11.7. The third kappa shape index (κ3) is 3.44. The van der Waals surface area contributed by atoms with Gasteiger partial charge in [-0.3, -0.25) is 4.98 Å². The van der Waals surface area contributed by atoms with Crippen molar-refractivity contribution in [2.75, 3.05) is 0 Å². The summed E-state index contributed by atoms with van der Waals surface area (Å²) in [6.07, 6.45) is 6.39. The summed E-state index contributed by atoms with van der Waals surface area (Å²) in [5.41, 5.74) is 0.883. The van der Waals surface area contributed by atoms with Crippen LogP contribution < -0.4 is 10.6 Å². The van der Waals surface area contributed by atoms with Crippen molar-refractivity contribution in [3.8, 4) is 0 Å². The van der Waals surface area contributed by atoms with Crippen molar-refractivity contribution >= 4 is 6.03 Å². The molecule has 0 radical (unpaired) electrons. The average Bonchev–Trinajstić information content (AvgIpc) is 2.82. The number of hydrogen-bond acceptors (Lipinski definition) is 2. The van der Waals surface area contributed by atoms with E-state index >= 15 is 0 Å². The molecule has 1 atom stereocenters. The number of carbonyl (C=O) groups excluding carboxylic acids is 1. The maximum Gasteiger partial charge on any atom is 0.315 e. The molecule has 2 rings (SSSR count). The largest absolute Gasteiger partial charge is 0.335 e. The molecule has 17 heavy (non-hydrogen) atoms. The van der Waals surface area contributed by atoms with Crippen molar-refractivity contribution in [3.63, 3.8) is 0 Å². The van der Waals surface area contributed by atoms with Crippen LogP contribution in [-0.4, -0.2) is 17.1 Å². The number of amides is 2. The predicted molar refractivity (Wildman–Crippen MR) is 66.6 cm³/mol. The first-order valence-corrected chi connectivity index (χ1v) is 6.23. The molecule has 2 N–H and O–H groups in total. The van der Waals surface area contributed by atoms with E-state index in [1.165, 1.54) is 12.8 Å².